The van der Waals surface area contributed by atoms with Crippen molar-refractivity contribution in [2.45, 2.75) is 39.8 Å². The van der Waals surface area contributed by atoms with Crippen molar-refractivity contribution in [3.05, 3.63) is 41.2 Å². The van der Waals surface area contributed by atoms with Crippen molar-refractivity contribution >= 4 is 29.5 Å². The van der Waals surface area contributed by atoms with Gasteiger partial charge in [-0.2, -0.15) is 0 Å². The SMILES string of the molecule is CC12SC1C1=C(Cc3ccccc3O1)C1(C(=O)O)SC12C. The molecule has 1 N–H and O–H groups in total. The van der Waals surface area contributed by atoms with Gasteiger partial charge in [-0.25, -0.2) is 0 Å². The minimum atomic E-state index is -0.787. The second-order valence-electron chi connectivity index (χ2n) is 6.46. The fourth-order valence-corrected chi connectivity index (χ4v) is 7.59. The molecule has 1 aromatic carbocycles. The fraction of sp³-hybridized carbons (Fsp3) is 0.438. The molecule has 4 unspecified atom stereocenters. The molecule has 2 fully saturated rings. The van der Waals surface area contributed by atoms with Crippen LogP contribution in [-0.2, 0) is 11.2 Å². The fourth-order valence-electron chi connectivity index (χ4n) is 4.05. The predicted octanol–water partition coefficient (Wildman–Crippen LogP) is 3.09. The molecule has 5 heteroatoms. The van der Waals surface area contributed by atoms with E-state index in [-0.39, 0.29) is 9.49 Å². The third-order valence-electron chi connectivity index (χ3n) is 5.56. The van der Waals surface area contributed by atoms with Crippen molar-refractivity contribution in [1.82, 2.24) is 0 Å². The van der Waals surface area contributed by atoms with Crippen molar-refractivity contribution in [1.29, 1.82) is 0 Å². The lowest BCUT2D eigenvalue weighted by Crippen LogP contribution is -2.49. The molecule has 4 atom stereocenters. The summed E-state index contributed by atoms with van der Waals surface area (Å²) in [5.41, 5.74) is 2.09. The van der Waals surface area contributed by atoms with Crippen molar-refractivity contribution in [3.8, 4) is 5.75 Å². The molecule has 1 aliphatic carbocycles. The van der Waals surface area contributed by atoms with Crippen LogP contribution in [0.2, 0.25) is 0 Å². The van der Waals surface area contributed by atoms with Crippen molar-refractivity contribution in [2.75, 3.05) is 0 Å². The van der Waals surface area contributed by atoms with E-state index in [1.165, 1.54) is 0 Å². The molecule has 3 heterocycles. The van der Waals surface area contributed by atoms with E-state index in [2.05, 4.69) is 13.8 Å². The largest absolute Gasteiger partial charge is 0.480 e. The Bertz CT molecular complexity index is 758. The van der Waals surface area contributed by atoms with Crippen LogP contribution in [0, 0.1) is 0 Å². The zero-order chi connectivity index (χ0) is 14.6. The van der Waals surface area contributed by atoms with Crippen molar-refractivity contribution < 1.29 is 14.6 Å². The highest BCUT2D eigenvalue weighted by atomic mass is 32.2. The number of rotatable bonds is 1. The van der Waals surface area contributed by atoms with Crippen LogP contribution < -0.4 is 4.74 Å². The predicted molar refractivity (Wildman–Crippen MR) is 83.9 cm³/mol. The summed E-state index contributed by atoms with van der Waals surface area (Å²) in [6, 6.07) is 7.96. The second kappa shape index (κ2) is 3.30. The molecule has 21 heavy (non-hydrogen) atoms. The minimum absolute atomic E-state index is 0.0127. The lowest BCUT2D eigenvalue weighted by atomic mass is 9.70. The van der Waals surface area contributed by atoms with E-state index in [1.807, 2.05) is 36.0 Å². The average Bonchev–Trinajstić information content (AvgIpc) is 3.32. The number of thioether (sulfide) groups is 2. The molecular formula is C16H14O3S2. The van der Waals surface area contributed by atoms with Crippen LogP contribution in [0.4, 0.5) is 0 Å². The Morgan fingerprint density at radius 3 is 2.90 bits per heavy atom. The van der Waals surface area contributed by atoms with Gasteiger partial charge in [0.15, 0.2) is 4.75 Å². The summed E-state index contributed by atoms with van der Waals surface area (Å²) in [6.07, 6.45) is 0.702. The molecule has 3 aliphatic heterocycles. The Hall–Kier alpha value is -1.07. The average molecular weight is 318 g/mol. The van der Waals surface area contributed by atoms with E-state index in [1.54, 1.807) is 11.8 Å². The number of aliphatic carboxylic acids is 1. The minimum Gasteiger partial charge on any atom is -0.480 e. The number of benzene rings is 1. The molecule has 5 rings (SSSR count). The summed E-state index contributed by atoms with van der Waals surface area (Å²) >= 11 is 3.47. The van der Waals surface area contributed by atoms with Gasteiger partial charge in [0.25, 0.3) is 0 Å². The van der Waals surface area contributed by atoms with Crippen LogP contribution >= 0.6 is 23.5 Å². The molecule has 0 saturated carbocycles. The Morgan fingerprint density at radius 2 is 2.14 bits per heavy atom. The monoisotopic (exact) mass is 318 g/mol. The summed E-state index contributed by atoms with van der Waals surface area (Å²) in [5, 5.41) is 10.2. The van der Waals surface area contributed by atoms with E-state index in [4.69, 9.17) is 4.74 Å². The summed E-state index contributed by atoms with van der Waals surface area (Å²) in [6.45, 7) is 4.30. The lowest BCUT2D eigenvalue weighted by Gasteiger charge is -2.34. The lowest BCUT2D eigenvalue weighted by molar-refractivity contribution is -0.138. The number of hydrogen-bond donors (Lipinski definition) is 1. The number of hydrogen-bond acceptors (Lipinski definition) is 4. The molecule has 4 aliphatic rings. The van der Waals surface area contributed by atoms with Gasteiger partial charge < -0.3 is 9.84 Å². The summed E-state index contributed by atoms with van der Waals surface area (Å²) in [7, 11) is 0. The van der Waals surface area contributed by atoms with Gasteiger partial charge in [0.05, 0.1) is 10.00 Å². The molecule has 1 aromatic rings. The van der Waals surface area contributed by atoms with Gasteiger partial charge in [-0.1, -0.05) is 18.2 Å². The number of ether oxygens (including phenoxy) is 1. The topological polar surface area (TPSA) is 46.5 Å². The number of carboxylic acid groups (broad SMARTS) is 1. The highest BCUT2D eigenvalue weighted by molar-refractivity contribution is 8.15. The van der Waals surface area contributed by atoms with Gasteiger partial charge in [-0.15, -0.1) is 23.5 Å². The number of para-hydroxylation sites is 1. The van der Waals surface area contributed by atoms with Gasteiger partial charge in [0.1, 0.15) is 11.5 Å². The Morgan fingerprint density at radius 1 is 1.38 bits per heavy atom. The van der Waals surface area contributed by atoms with Crippen LogP contribution in [-0.4, -0.2) is 30.6 Å². The van der Waals surface area contributed by atoms with Gasteiger partial charge in [-0.05, 0) is 25.5 Å². The molecule has 0 amide bonds. The van der Waals surface area contributed by atoms with E-state index >= 15 is 0 Å². The molecule has 0 spiro atoms. The molecule has 0 bridgehead atoms. The summed E-state index contributed by atoms with van der Waals surface area (Å²) in [4.78, 5) is 12.1. The maximum absolute atomic E-state index is 12.1. The van der Waals surface area contributed by atoms with E-state index in [9.17, 15) is 9.90 Å². The third kappa shape index (κ3) is 1.14. The summed E-state index contributed by atoms with van der Waals surface area (Å²) < 4.78 is 5.14. The van der Waals surface area contributed by atoms with Crippen molar-refractivity contribution in [2.24, 2.45) is 0 Å². The van der Waals surface area contributed by atoms with Gasteiger partial charge in [-0.3, -0.25) is 4.79 Å². The van der Waals surface area contributed by atoms with Crippen LogP contribution in [0.1, 0.15) is 19.4 Å². The van der Waals surface area contributed by atoms with Crippen LogP contribution in [0.15, 0.2) is 35.6 Å². The first-order valence-corrected chi connectivity index (χ1v) is 8.74. The van der Waals surface area contributed by atoms with Gasteiger partial charge in [0, 0.05) is 16.7 Å². The van der Waals surface area contributed by atoms with E-state index in [0.29, 0.717) is 11.7 Å². The first-order chi connectivity index (χ1) is 9.94. The first-order valence-electron chi connectivity index (χ1n) is 7.05. The maximum atomic E-state index is 12.1. The Labute approximate surface area is 131 Å². The normalized spacial score (nSPS) is 44.8. The standard InChI is InChI=1S/C16H14O3S2/c1-14-12(20-14)11-9(16(13(17)18)15(14,2)21-16)7-8-5-3-4-6-10(8)19-11/h3-6,12H,7H2,1-2H3,(H,17,18). The zero-order valence-electron chi connectivity index (χ0n) is 11.7. The molecule has 108 valence electrons. The molecule has 2 saturated heterocycles. The first kappa shape index (κ1) is 12.5. The molecule has 0 radical (unpaired) electrons. The zero-order valence-corrected chi connectivity index (χ0v) is 13.3. The Kier molecular flexibility index (Phi) is 1.96. The van der Waals surface area contributed by atoms with Crippen molar-refractivity contribution in [3.63, 3.8) is 0 Å². The van der Waals surface area contributed by atoms with E-state index < -0.39 is 10.7 Å². The maximum Gasteiger partial charge on any atom is 0.325 e. The smallest absolute Gasteiger partial charge is 0.325 e. The number of carboxylic acids is 1. The molecular weight excluding hydrogens is 304 g/mol. The van der Waals surface area contributed by atoms with Crippen LogP contribution in [0.5, 0.6) is 5.75 Å². The quantitative estimate of drug-likeness (QED) is 0.806. The Balaban J connectivity index is 1.73. The highest BCUT2D eigenvalue weighted by Gasteiger charge is 2.89. The second-order valence-corrected chi connectivity index (χ2v) is 9.64. The number of fused-ring (bicyclic) bond motifs is 6. The van der Waals surface area contributed by atoms with Crippen LogP contribution in [0.3, 0.4) is 0 Å². The molecule has 3 nitrogen and oxygen atoms in total. The molecule has 0 aromatic heterocycles. The summed E-state index contributed by atoms with van der Waals surface area (Å²) in [5.74, 6) is 1.10. The highest BCUT2D eigenvalue weighted by Crippen LogP contribution is 2.85. The van der Waals surface area contributed by atoms with Gasteiger partial charge in [0.2, 0.25) is 0 Å². The third-order valence-corrected chi connectivity index (χ3v) is 9.56. The van der Waals surface area contributed by atoms with Crippen LogP contribution in [0.25, 0.3) is 0 Å². The number of carbonyl (C=O) groups is 1. The van der Waals surface area contributed by atoms with E-state index in [0.717, 1.165) is 22.6 Å². The van der Waals surface area contributed by atoms with Gasteiger partial charge >= 0.3 is 5.97 Å².